The zero-order valence-corrected chi connectivity index (χ0v) is 13.4. The van der Waals surface area contributed by atoms with Crippen LogP contribution in [0.25, 0.3) is 0 Å². The number of carbonyl (C=O) groups is 1. The maximum Gasteiger partial charge on any atom is 0.335 e. The molecule has 0 radical (unpaired) electrons. The van der Waals surface area contributed by atoms with Crippen molar-refractivity contribution in [3.8, 4) is 0 Å². The number of carboxylic acid groups (broad SMARTS) is 1. The molecule has 3 aromatic rings. The van der Waals surface area contributed by atoms with Gasteiger partial charge in [0, 0.05) is 11.4 Å². The molecular formula is C20H17N3O2. The lowest BCUT2D eigenvalue weighted by atomic mass is 10.2. The molecule has 0 aliphatic carbocycles. The topological polar surface area (TPSA) is 73.7 Å². The number of hydrogen-bond donors (Lipinski definition) is 3. The summed E-state index contributed by atoms with van der Waals surface area (Å²) in [4.78, 5) is 15.5. The monoisotopic (exact) mass is 331 g/mol. The Hall–Kier alpha value is -3.60. The molecule has 0 saturated carbocycles. The fourth-order valence-electron chi connectivity index (χ4n) is 2.21. The van der Waals surface area contributed by atoms with E-state index in [1.807, 2.05) is 60.7 Å². The van der Waals surface area contributed by atoms with E-state index in [1.165, 1.54) is 12.1 Å². The van der Waals surface area contributed by atoms with E-state index in [2.05, 4.69) is 15.6 Å². The van der Waals surface area contributed by atoms with Gasteiger partial charge in [0.15, 0.2) is 0 Å². The molecule has 0 amide bonds. The van der Waals surface area contributed by atoms with Crippen molar-refractivity contribution < 1.29 is 9.90 Å². The molecule has 0 fully saturated rings. The molecule has 3 rings (SSSR count). The average molecular weight is 331 g/mol. The number of para-hydroxylation sites is 2. The summed E-state index contributed by atoms with van der Waals surface area (Å²) >= 11 is 0. The van der Waals surface area contributed by atoms with Crippen molar-refractivity contribution in [2.24, 2.45) is 4.99 Å². The Balaban J connectivity index is 1.87. The van der Waals surface area contributed by atoms with Gasteiger partial charge < -0.3 is 15.7 Å². The number of hydrogen-bond acceptors (Lipinski definition) is 2. The lowest BCUT2D eigenvalue weighted by molar-refractivity contribution is 0.0697. The van der Waals surface area contributed by atoms with Gasteiger partial charge >= 0.3 is 5.97 Å². The number of nitrogens with one attached hydrogen (secondary N) is 2. The van der Waals surface area contributed by atoms with Gasteiger partial charge in [-0.2, -0.15) is 0 Å². The van der Waals surface area contributed by atoms with Crippen LogP contribution in [0.15, 0.2) is 89.9 Å². The number of nitrogens with zero attached hydrogens (tertiary/aromatic N) is 1. The third kappa shape index (κ3) is 4.68. The largest absolute Gasteiger partial charge is 0.478 e. The van der Waals surface area contributed by atoms with Crippen molar-refractivity contribution in [2.45, 2.75) is 0 Å². The first-order chi connectivity index (χ1) is 12.2. The van der Waals surface area contributed by atoms with Gasteiger partial charge in [-0.05, 0) is 48.5 Å². The van der Waals surface area contributed by atoms with Crippen LogP contribution >= 0.6 is 0 Å². The number of anilines is 2. The molecule has 25 heavy (non-hydrogen) atoms. The quantitative estimate of drug-likeness (QED) is 0.483. The van der Waals surface area contributed by atoms with Crippen LogP contribution in [0.5, 0.6) is 0 Å². The second kappa shape index (κ2) is 7.79. The molecule has 0 aliphatic heterocycles. The third-order valence-corrected chi connectivity index (χ3v) is 3.43. The van der Waals surface area contributed by atoms with E-state index in [0.29, 0.717) is 11.6 Å². The summed E-state index contributed by atoms with van der Waals surface area (Å²) in [6.45, 7) is 0. The Morgan fingerprint density at radius 1 is 0.720 bits per heavy atom. The fourth-order valence-corrected chi connectivity index (χ4v) is 2.21. The van der Waals surface area contributed by atoms with Crippen LogP contribution in [-0.4, -0.2) is 17.0 Å². The highest BCUT2D eigenvalue weighted by Crippen LogP contribution is 2.16. The summed E-state index contributed by atoms with van der Waals surface area (Å²) in [6.07, 6.45) is 0. The van der Waals surface area contributed by atoms with Gasteiger partial charge in [0.25, 0.3) is 0 Å². The van der Waals surface area contributed by atoms with Gasteiger partial charge in [-0.15, -0.1) is 0 Å². The van der Waals surface area contributed by atoms with Crippen molar-refractivity contribution in [2.75, 3.05) is 10.6 Å². The second-order valence-corrected chi connectivity index (χ2v) is 5.29. The number of carboxylic acids is 1. The molecule has 0 aliphatic rings. The van der Waals surface area contributed by atoms with Crippen LogP contribution in [0.4, 0.5) is 17.1 Å². The molecule has 3 aromatic carbocycles. The highest BCUT2D eigenvalue weighted by atomic mass is 16.4. The average Bonchev–Trinajstić information content (AvgIpc) is 2.64. The molecule has 124 valence electrons. The van der Waals surface area contributed by atoms with Crippen LogP contribution in [0.1, 0.15) is 10.4 Å². The van der Waals surface area contributed by atoms with E-state index >= 15 is 0 Å². The highest BCUT2D eigenvalue weighted by Gasteiger charge is 2.04. The zero-order valence-electron chi connectivity index (χ0n) is 13.4. The third-order valence-electron chi connectivity index (χ3n) is 3.43. The molecule has 0 heterocycles. The number of aliphatic imine (C=N–C) groups is 1. The predicted molar refractivity (Wildman–Crippen MR) is 101 cm³/mol. The first-order valence-corrected chi connectivity index (χ1v) is 7.77. The lowest BCUT2D eigenvalue weighted by Gasteiger charge is -2.12. The van der Waals surface area contributed by atoms with E-state index < -0.39 is 5.97 Å². The normalized spacial score (nSPS) is 9.92. The minimum atomic E-state index is -0.958. The lowest BCUT2D eigenvalue weighted by Crippen LogP contribution is -2.21. The van der Waals surface area contributed by atoms with Crippen LogP contribution in [0.2, 0.25) is 0 Å². The summed E-state index contributed by atoms with van der Waals surface area (Å²) in [5.41, 5.74) is 2.66. The van der Waals surface area contributed by atoms with Crippen molar-refractivity contribution in [1.29, 1.82) is 0 Å². The molecule has 0 aromatic heterocycles. The minimum absolute atomic E-state index is 0.229. The molecule has 0 atom stereocenters. The van der Waals surface area contributed by atoms with E-state index in [1.54, 1.807) is 12.1 Å². The highest BCUT2D eigenvalue weighted by molar-refractivity contribution is 6.04. The van der Waals surface area contributed by atoms with Gasteiger partial charge in [-0.25, -0.2) is 9.79 Å². The zero-order chi connectivity index (χ0) is 17.5. The summed E-state index contributed by atoms with van der Waals surface area (Å²) in [5.74, 6) is -0.416. The number of guanidine groups is 1. The first kappa shape index (κ1) is 16.3. The maximum absolute atomic E-state index is 11.0. The minimum Gasteiger partial charge on any atom is -0.478 e. The number of aromatic carboxylic acids is 1. The van der Waals surface area contributed by atoms with Crippen molar-refractivity contribution in [3.05, 3.63) is 90.5 Å². The SMILES string of the molecule is O=C(O)c1ccc(N=C(Nc2ccccc2)Nc2ccccc2)cc1. The fraction of sp³-hybridized carbons (Fsp3) is 0. The van der Waals surface area contributed by atoms with Crippen molar-refractivity contribution >= 4 is 29.0 Å². The molecule has 0 spiro atoms. The number of rotatable bonds is 4. The summed E-state index contributed by atoms with van der Waals surface area (Å²) in [5, 5.41) is 15.5. The van der Waals surface area contributed by atoms with Gasteiger partial charge in [0.2, 0.25) is 5.96 Å². The Labute approximate surface area is 145 Å². The first-order valence-electron chi connectivity index (χ1n) is 7.77. The van der Waals surface area contributed by atoms with Crippen LogP contribution in [0, 0.1) is 0 Å². The molecule has 0 bridgehead atoms. The summed E-state index contributed by atoms with van der Waals surface area (Å²) in [7, 11) is 0. The summed E-state index contributed by atoms with van der Waals surface area (Å²) < 4.78 is 0. The van der Waals surface area contributed by atoms with Crippen molar-refractivity contribution in [1.82, 2.24) is 0 Å². The molecular weight excluding hydrogens is 314 g/mol. The smallest absolute Gasteiger partial charge is 0.335 e. The standard InChI is InChI=1S/C20H17N3O2/c24-19(25)15-11-13-18(14-12-15)23-20(21-16-7-3-1-4-8-16)22-17-9-5-2-6-10-17/h1-14H,(H,24,25)(H2,21,22,23). The van der Waals surface area contributed by atoms with E-state index in [-0.39, 0.29) is 5.56 Å². The van der Waals surface area contributed by atoms with Gasteiger partial charge in [-0.3, -0.25) is 0 Å². The van der Waals surface area contributed by atoms with Gasteiger partial charge in [-0.1, -0.05) is 36.4 Å². The van der Waals surface area contributed by atoms with Crippen LogP contribution < -0.4 is 10.6 Å². The molecule has 5 nitrogen and oxygen atoms in total. The second-order valence-electron chi connectivity index (χ2n) is 5.29. The Bertz CT molecular complexity index is 817. The van der Waals surface area contributed by atoms with Gasteiger partial charge in [0.1, 0.15) is 0 Å². The van der Waals surface area contributed by atoms with Crippen LogP contribution in [-0.2, 0) is 0 Å². The maximum atomic E-state index is 11.0. The van der Waals surface area contributed by atoms with Crippen LogP contribution in [0.3, 0.4) is 0 Å². The Morgan fingerprint density at radius 3 is 1.64 bits per heavy atom. The van der Waals surface area contributed by atoms with E-state index in [0.717, 1.165) is 11.4 Å². The molecule has 0 unspecified atom stereocenters. The summed E-state index contributed by atoms with van der Waals surface area (Å²) in [6, 6.07) is 25.8. The molecule has 3 N–H and O–H groups in total. The van der Waals surface area contributed by atoms with Gasteiger partial charge in [0.05, 0.1) is 11.3 Å². The molecule has 5 heteroatoms. The predicted octanol–water partition coefficient (Wildman–Crippen LogP) is 4.60. The van der Waals surface area contributed by atoms with Crippen molar-refractivity contribution in [3.63, 3.8) is 0 Å². The Kier molecular flexibility index (Phi) is 5.07. The van der Waals surface area contributed by atoms with E-state index in [9.17, 15) is 4.79 Å². The molecule has 0 saturated heterocycles. The number of benzene rings is 3. The Morgan fingerprint density at radius 2 is 1.20 bits per heavy atom. The van der Waals surface area contributed by atoms with E-state index in [4.69, 9.17) is 5.11 Å².